The van der Waals surface area contributed by atoms with Crippen LogP contribution in [-0.2, 0) is 10.2 Å². The van der Waals surface area contributed by atoms with E-state index < -0.39 is 0 Å². The Morgan fingerprint density at radius 3 is 2.56 bits per heavy atom. The van der Waals surface area contributed by atoms with Gasteiger partial charge in [-0.05, 0) is 5.56 Å². The average molecular weight is 213 g/mol. The summed E-state index contributed by atoms with van der Waals surface area (Å²) in [6, 6.07) is 9.98. The van der Waals surface area contributed by atoms with Crippen molar-refractivity contribution in [2.45, 2.75) is 12.3 Å². The van der Waals surface area contributed by atoms with Gasteiger partial charge in [0.05, 0.1) is 5.92 Å². The third-order valence-corrected chi connectivity index (χ3v) is 3.21. The first-order chi connectivity index (χ1) is 7.64. The molecule has 1 aromatic carbocycles. The predicted octanol–water partition coefficient (Wildman–Crippen LogP) is 2.17. The summed E-state index contributed by atoms with van der Waals surface area (Å²) in [4.78, 5) is 11.5. The highest BCUT2D eigenvalue weighted by atomic mass is 16.1. The van der Waals surface area contributed by atoms with Crippen LogP contribution in [0.25, 0.3) is 0 Å². The van der Waals surface area contributed by atoms with Crippen molar-refractivity contribution >= 4 is 5.91 Å². The number of allylic oxidation sites excluding steroid dienone is 3. The average Bonchev–Trinajstić information content (AvgIpc) is 2.30. The molecule has 0 heterocycles. The van der Waals surface area contributed by atoms with Crippen molar-refractivity contribution < 1.29 is 4.79 Å². The Labute approximate surface area is 95.5 Å². The summed E-state index contributed by atoms with van der Waals surface area (Å²) >= 11 is 0. The van der Waals surface area contributed by atoms with Crippen molar-refractivity contribution in [3.05, 3.63) is 60.2 Å². The zero-order chi connectivity index (χ0) is 11.6. The summed E-state index contributed by atoms with van der Waals surface area (Å²) in [7, 11) is 0. The van der Waals surface area contributed by atoms with E-state index >= 15 is 0 Å². The fourth-order valence-electron chi connectivity index (χ4n) is 2.20. The molecule has 0 saturated carbocycles. The molecular formula is C14H15NO. The van der Waals surface area contributed by atoms with E-state index in [0.717, 1.165) is 5.56 Å². The Morgan fingerprint density at radius 1 is 1.25 bits per heavy atom. The fourth-order valence-corrected chi connectivity index (χ4v) is 2.20. The second-order valence-electron chi connectivity index (χ2n) is 4.27. The Morgan fingerprint density at radius 2 is 1.94 bits per heavy atom. The molecular weight excluding hydrogens is 198 g/mol. The van der Waals surface area contributed by atoms with Gasteiger partial charge in [-0.2, -0.15) is 0 Å². The fraction of sp³-hybridized carbons (Fsp3) is 0.214. The highest BCUT2D eigenvalue weighted by Gasteiger charge is 2.36. The van der Waals surface area contributed by atoms with Gasteiger partial charge in [0, 0.05) is 5.41 Å². The number of primary amides is 1. The topological polar surface area (TPSA) is 43.1 Å². The first-order valence-corrected chi connectivity index (χ1v) is 5.35. The van der Waals surface area contributed by atoms with Crippen LogP contribution in [0.1, 0.15) is 12.5 Å². The largest absolute Gasteiger partial charge is 0.369 e. The molecule has 0 radical (unpaired) electrons. The number of hydrogen-bond acceptors (Lipinski definition) is 1. The minimum absolute atomic E-state index is 0.278. The third kappa shape index (κ3) is 1.67. The summed E-state index contributed by atoms with van der Waals surface area (Å²) in [5.74, 6) is -0.563. The van der Waals surface area contributed by atoms with E-state index in [2.05, 4.69) is 0 Å². The summed E-state index contributed by atoms with van der Waals surface area (Å²) in [5, 5.41) is 0. The third-order valence-electron chi connectivity index (χ3n) is 3.21. The minimum Gasteiger partial charge on any atom is -0.369 e. The summed E-state index contributed by atoms with van der Waals surface area (Å²) in [6.07, 6.45) is 7.75. The first-order valence-electron chi connectivity index (χ1n) is 5.35. The number of nitrogens with two attached hydrogens (primary N) is 1. The maximum Gasteiger partial charge on any atom is 0.225 e. The quantitative estimate of drug-likeness (QED) is 0.803. The molecule has 0 spiro atoms. The number of carbonyl (C=O) groups excluding carboxylic acids is 1. The molecule has 1 aliphatic carbocycles. The normalized spacial score (nSPS) is 27.9. The Bertz CT molecular complexity index is 447. The van der Waals surface area contributed by atoms with E-state index in [-0.39, 0.29) is 17.2 Å². The first kappa shape index (κ1) is 10.7. The maximum atomic E-state index is 11.5. The van der Waals surface area contributed by atoms with Gasteiger partial charge < -0.3 is 5.73 Å². The lowest BCUT2D eigenvalue weighted by molar-refractivity contribution is -0.121. The standard InChI is InChI=1S/C14H15NO/c1-14(11-7-3-2-4-8-11)10-6-5-9-12(14)13(15)16/h2-10,12H,1H3,(H2,15,16). The number of rotatable bonds is 2. The summed E-state index contributed by atoms with van der Waals surface area (Å²) in [5.41, 5.74) is 6.24. The predicted molar refractivity (Wildman–Crippen MR) is 64.8 cm³/mol. The van der Waals surface area contributed by atoms with Gasteiger partial charge in [0.25, 0.3) is 0 Å². The van der Waals surface area contributed by atoms with Crippen LogP contribution >= 0.6 is 0 Å². The SMILES string of the molecule is CC1(c2ccccc2)C=CC=CC1C(N)=O. The van der Waals surface area contributed by atoms with E-state index in [1.165, 1.54) is 0 Å². The molecule has 0 fully saturated rings. The minimum atomic E-state index is -0.332. The van der Waals surface area contributed by atoms with Gasteiger partial charge in [0.2, 0.25) is 5.91 Å². The number of carbonyl (C=O) groups is 1. The molecule has 0 bridgehead atoms. The Hall–Kier alpha value is -1.83. The zero-order valence-electron chi connectivity index (χ0n) is 9.26. The van der Waals surface area contributed by atoms with Crippen LogP contribution in [0.15, 0.2) is 54.6 Å². The molecule has 1 amide bonds. The number of hydrogen-bond donors (Lipinski definition) is 1. The molecule has 0 aliphatic heterocycles. The van der Waals surface area contributed by atoms with E-state index in [1.807, 2.05) is 61.6 Å². The lowest BCUT2D eigenvalue weighted by Gasteiger charge is -2.33. The molecule has 2 atom stereocenters. The van der Waals surface area contributed by atoms with Crippen molar-refractivity contribution in [3.63, 3.8) is 0 Å². The maximum absolute atomic E-state index is 11.5. The summed E-state index contributed by atoms with van der Waals surface area (Å²) in [6.45, 7) is 2.04. The molecule has 0 saturated heterocycles. The van der Waals surface area contributed by atoms with Crippen molar-refractivity contribution in [2.24, 2.45) is 11.7 Å². The molecule has 82 valence electrons. The monoisotopic (exact) mass is 213 g/mol. The molecule has 2 rings (SSSR count). The highest BCUT2D eigenvalue weighted by Crippen LogP contribution is 2.36. The highest BCUT2D eigenvalue weighted by molar-refractivity contribution is 5.81. The smallest absolute Gasteiger partial charge is 0.225 e. The van der Waals surface area contributed by atoms with Gasteiger partial charge in [0.1, 0.15) is 0 Å². The van der Waals surface area contributed by atoms with Gasteiger partial charge in [-0.25, -0.2) is 0 Å². The van der Waals surface area contributed by atoms with Gasteiger partial charge in [0.15, 0.2) is 0 Å². The molecule has 2 unspecified atom stereocenters. The van der Waals surface area contributed by atoms with Crippen LogP contribution < -0.4 is 5.73 Å². The van der Waals surface area contributed by atoms with Gasteiger partial charge in [-0.1, -0.05) is 61.6 Å². The number of amides is 1. The van der Waals surface area contributed by atoms with E-state index in [1.54, 1.807) is 0 Å². The van der Waals surface area contributed by atoms with Gasteiger partial charge in [-0.15, -0.1) is 0 Å². The Kier molecular flexibility index (Phi) is 2.65. The summed E-state index contributed by atoms with van der Waals surface area (Å²) < 4.78 is 0. The van der Waals surface area contributed by atoms with Crippen molar-refractivity contribution in [1.29, 1.82) is 0 Å². The molecule has 2 N–H and O–H groups in total. The lowest BCUT2D eigenvalue weighted by atomic mass is 9.69. The zero-order valence-corrected chi connectivity index (χ0v) is 9.26. The second-order valence-corrected chi connectivity index (χ2v) is 4.27. The van der Waals surface area contributed by atoms with Gasteiger partial charge >= 0.3 is 0 Å². The molecule has 2 heteroatoms. The molecule has 0 aromatic heterocycles. The van der Waals surface area contributed by atoms with E-state index in [0.29, 0.717) is 0 Å². The molecule has 2 nitrogen and oxygen atoms in total. The van der Waals surface area contributed by atoms with Crippen LogP contribution in [0.2, 0.25) is 0 Å². The van der Waals surface area contributed by atoms with Crippen molar-refractivity contribution in [2.75, 3.05) is 0 Å². The lowest BCUT2D eigenvalue weighted by Crippen LogP contribution is -2.39. The second kappa shape index (κ2) is 3.97. The van der Waals surface area contributed by atoms with E-state index in [4.69, 9.17) is 5.73 Å². The van der Waals surface area contributed by atoms with Gasteiger partial charge in [-0.3, -0.25) is 4.79 Å². The van der Waals surface area contributed by atoms with Crippen LogP contribution in [-0.4, -0.2) is 5.91 Å². The van der Waals surface area contributed by atoms with Crippen LogP contribution in [0.4, 0.5) is 0 Å². The van der Waals surface area contributed by atoms with E-state index in [9.17, 15) is 4.79 Å². The molecule has 16 heavy (non-hydrogen) atoms. The Balaban J connectivity index is 2.47. The van der Waals surface area contributed by atoms with Crippen molar-refractivity contribution in [3.8, 4) is 0 Å². The van der Waals surface area contributed by atoms with Crippen LogP contribution in [0.5, 0.6) is 0 Å². The van der Waals surface area contributed by atoms with Crippen molar-refractivity contribution in [1.82, 2.24) is 0 Å². The molecule has 1 aliphatic rings. The van der Waals surface area contributed by atoms with Crippen LogP contribution in [0.3, 0.4) is 0 Å². The number of benzene rings is 1. The molecule has 1 aromatic rings. The van der Waals surface area contributed by atoms with Crippen LogP contribution in [0, 0.1) is 5.92 Å².